The first-order chi connectivity index (χ1) is 10.8. The average Bonchev–Trinajstić information content (AvgIpc) is 2.78. The molecule has 0 radical (unpaired) electrons. The molecule has 0 bridgehead atoms. The minimum absolute atomic E-state index is 0.0686. The quantitative estimate of drug-likeness (QED) is 0.304. The third-order valence-corrected chi connectivity index (χ3v) is 5.65. The number of rotatable bonds is 6. The zero-order valence-electron chi connectivity index (χ0n) is 12.6. The second kappa shape index (κ2) is 7.61. The van der Waals surface area contributed by atoms with E-state index in [0.29, 0.717) is 35.2 Å². The number of likely N-dealkylation sites (N-methyl/N-ethyl adjacent to an activating group) is 1. The molecular formula is C14H17N2O4S3-. The van der Waals surface area contributed by atoms with E-state index in [0.717, 1.165) is 5.57 Å². The molecule has 0 aromatic rings. The van der Waals surface area contributed by atoms with Crippen molar-refractivity contribution < 1.29 is 17.8 Å². The molecule has 2 rings (SSSR count). The van der Waals surface area contributed by atoms with E-state index >= 15 is 0 Å². The highest BCUT2D eigenvalue weighted by Gasteiger charge is 2.32. The minimum Gasteiger partial charge on any atom is -0.748 e. The molecule has 6 nitrogen and oxygen atoms in total. The molecular weight excluding hydrogens is 356 g/mol. The zero-order chi connectivity index (χ0) is 17.0. The van der Waals surface area contributed by atoms with Gasteiger partial charge in [0.2, 0.25) is 0 Å². The highest BCUT2D eigenvalue weighted by molar-refractivity contribution is 8.26. The maximum atomic E-state index is 12.2. The van der Waals surface area contributed by atoms with Crippen LogP contribution < -0.4 is 0 Å². The molecule has 2 aliphatic rings. The lowest BCUT2D eigenvalue weighted by molar-refractivity contribution is -0.122. The Morgan fingerprint density at radius 2 is 1.91 bits per heavy atom. The van der Waals surface area contributed by atoms with Crippen LogP contribution in [0.5, 0.6) is 0 Å². The summed E-state index contributed by atoms with van der Waals surface area (Å²) in [6.07, 6.45) is 8.28. The van der Waals surface area contributed by atoms with Crippen LogP contribution in [0.4, 0.5) is 0 Å². The molecule has 1 amide bonds. The van der Waals surface area contributed by atoms with E-state index < -0.39 is 10.1 Å². The molecule has 0 saturated carbocycles. The molecule has 2 aliphatic heterocycles. The van der Waals surface area contributed by atoms with Gasteiger partial charge < -0.3 is 9.45 Å². The number of thiocarbonyl (C=S) groups is 1. The molecule has 0 spiro atoms. The smallest absolute Gasteiger partial charge is 0.266 e. The van der Waals surface area contributed by atoms with Gasteiger partial charge in [0.15, 0.2) is 0 Å². The van der Waals surface area contributed by atoms with E-state index in [4.69, 9.17) is 12.2 Å². The second-order valence-electron chi connectivity index (χ2n) is 5.04. The van der Waals surface area contributed by atoms with Gasteiger partial charge in [-0.25, -0.2) is 8.42 Å². The number of carbonyl (C=O) groups is 1. The average molecular weight is 374 g/mol. The lowest BCUT2D eigenvalue weighted by atomic mass is 10.2. The van der Waals surface area contributed by atoms with Gasteiger partial charge in [0, 0.05) is 31.2 Å². The monoisotopic (exact) mass is 373 g/mol. The molecule has 0 aliphatic carbocycles. The SMILES string of the molecule is CCN1C(=O)C(=C2C=CN(CCCCS(=O)(=O)[O-])C=C2)SC1=S. The van der Waals surface area contributed by atoms with Crippen LogP contribution in [0.25, 0.3) is 0 Å². The van der Waals surface area contributed by atoms with Gasteiger partial charge in [-0.1, -0.05) is 24.0 Å². The molecule has 0 N–H and O–H groups in total. The molecule has 2 heterocycles. The largest absolute Gasteiger partial charge is 0.748 e. The molecule has 0 aromatic heterocycles. The van der Waals surface area contributed by atoms with Crippen molar-refractivity contribution in [1.82, 2.24) is 9.80 Å². The number of thioether (sulfide) groups is 1. The fourth-order valence-electron chi connectivity index (χ4n) is 2.18. The van der Waals surface area contributed by atoms with Crippen LogP contribution in [0.1, 0.15) is 19.8 Å². The van der Waals surface area contributed by atoms with Crippen molar-refractivity contribution in [3.05, 3.63) is 35.0 Å². The predicted octanol–water partition coefficient (Wildman–Crippen LogP) is 1.79. The second-order valence-corrected chi connectivity index (χ2v) is 8.21. The van der Waals surface area contributed by atoms with E-state index in [1.807, 2.05) is 36.4 Å². The lowest BCUT2D eigenvalue weighted by Gasteiger charge is -2.19. The summed E-state index contributed by atoms with van der Waals surface area (Å²) in [6.45, 7) is 3.06. The molecule has 9 heteroatoms. The van der Waals surface area contributed by atoms with Crippen molar-refractivity contribution in [2.45, 2.75) is 19.8 Å². The van der Waals surface area contributed by atoms with Crippen molar-refractivity contribution in [2.75, 3.05) is 18.8 Å². The Morgan fingerprint density at radius 3 is 2.43 bits per heavy atom. The molecule has 0 atom stereocenters. The third kappa shape index (κ3) is 4.90. The Kier molecular flexibility index (Phi) is 6.01. The third-order valence-electron chi connectivity index (χ3n) is 3.38. The fourth-order valence-corrected chi connectivity index (χ4v) is 4.15. The van der Waals surface area contributed by atoms with Gasteiger partial charge >= 0.3 is 0 Å². The van der Waals surface area contributed by atoms with Crippen molar-refractivity contribution in [2.24, 2.45) is 0 Å². The van der Waals surface area contributed by atoms with Crippen LogP contribution in [0, 0.1) is 0 Å². The Hall–Kier alpha value is -1.16. The Morgan fingerprint density at radius 1 is 1.26 bits per heavy atom. The highest BCUT2D eigenvalue weighted by atomic mass is 32.2. The van der Waals surface area contributed by atoms with Gasteiger partial charge in [0.25, 0.3) is 5.91 Å². The summed E-state index contributed by atoms with van der Waals surface area (Å²) < 4.78 is 32.2. The Balaban J connectivity index is 1.92. The van der Waals surface area contributed by atoms with Crippen LogP contribution in [-0.4, -0.2) is 51.8 Å². The summed E-state index contributed by atoms with van der Waals surface area (Å²) in [5, 5.41) is 0. The van der Waals surface area contributed by atoms with Gasteiger partial charge in [-0.15, -0.1) is 0 Å². The van der Waals surface area contributed by atoms with Crippen LogP contribution in [-0.2, 0) is 14.9 Å². The maximum Gasteiger partial charge on any atom is 0.266 e. The van der Waals surface area contributed by atoms with Gasteiger partial charge in [0.05, 0.1) is 15.0 Å². The Labute approximate surface area is 145 Å². The van der Waals surface area contributed by atoms with E-state index in [-0.39, 0.29) is 11.7 Å². The van der Waals surface area contributed by atoms with Crippen LogP contribution in [0.2, 0.25) is 0 Å². The zero-order valence-corrected chi connectivity index (χ0v) is 15.0. The summed E-state index contributed by atoms with van der Waals surface area (Å²) in [7, 11) is -4.14. The highest BCUT2D eigenvalue weighted by Crippen LogP contribution is 2.34. The fraction of sp³-hybridized carbons (Fsp3) is 0.429. The van der Waals surface area contributed by atoms with Gasteiger partial charge in [-0.3, -0.25) is 9.69 Å². The van der Waals surface area contributed by atoms with Crippen molar-refractivity contribution in [3.8, 4) is 0 Å². The van der Waals surface area contributed by atoms with Gasteiger partial charge in [-0.2, -0.15) is 0 Å². The standard InChI is InChI=1S/C14H18N2O4S3/c1-2-16-13(17)12(22-14(16)21)11-5-8-15(9-6-11)7-3-4-10-23(18,19)20/h5-6,8-9H,2-4,7,10H2,1H3,(H,18,19,20)/p-1. The molecule has 1 saturated heterocycles. The summed E-state index contributed by atoms with van der Waals surface area (Å²) in [5.41, 5.74) is 0.816. The maximum absolute atomic E-state index is 12.2. The van der Waals surface area contributed by atoms with Crippen molar-refractivity contribution in [1.29, 1.82) is 0 Å². The number of carbonyl (C=O) groups excluding carboxylic acids is 1. The first kappa shape index (κ1) is 18.2. The van der Waals surface area contributed by atoms with E-state index in [1.165, 1.54) is 11.8 Å². The number of hydrogen-bond acceptors (Lipinski definition) is 7. The van der Waals surface area contributed by atoms with E-state index in [9.17, 15) is 17.8 Å². The van der Waals surface area contributed by atoms with Crippen LogP contribution in [0.3, 0.4) is 0 Å². The number of amides is 1. The molecule has 23 heavy (non-hydrogen) atoms. The van der Waals surface area contributed by atoms with Crippen LogP contribution >= 0.6 is 24.0 Å². The van der Waals surface area contributed by atoms with E-state index in [1.54, 1.807) is 4.90 Å². The van der Waals surface area contributed by atoms with Crippen molar-refractivity contribution >= 4 is 44.3 Å². The number of hydrogen-bond donors (Lipinski definition) is 0. The predicted molar refractivity (Wildman–Crippen MR) is 93.4 cm³/mol. The molecule has 1 fully saturated rings. The van der Waals surface area contributed by atoms with Gasteiger partial charge in [0.1, 0.15) is 4.32 Å². The first-order valence-corrected chi connectivity index (χ1v) is 9.95. The van der Waals surface area contributed by atoms with Crippen molar-refractivity contribution in [3.63, 3.8) is 0 Å². The Bertz CT molecular complexity index is 679. The molecule has 126 valence electrons. The summed E-state index contributed by atoms with van der Waals surface area (Å²) in [5.74, 6) is -0.403. The molecule has 0 unspecified atom stereocenters. The van der Waals surface area contributed by atoms with E-state index in [2.05, 4.69) is 0 Å². The summed E-state index contributed by atoms with van der Waals surface area (Å²) >= 11 is 6.49. The van der Waals surface area contributed by atoms with Crippen LogP contribution in [0.15, 0.2) is 35.0 Å². The lowest BCUT2D eigenvalue weighted by Crippen LogP contribution is -2.27. The number of allylic oxidation sites excluding steroid dienone is 3. The summed E-state index contributed by atoms with van der Waals surface area (Å²) in [6, 6.07) is 0. The first-order valence-electron chi connectivity index (χ1n) is 7.15. The summed E-state index contributed by atoms with van der Waals surface area (Å²) in [4.78, 5) is 16.3. The minimum atomic E-state index is -4.14. The number of unbranched alkanes of at least 4 members (excludes halogenated alkanes) is 1. The normalized spacial score (nSPS) is 18.5. The van der Waals surface area contributed by atoms with Gasteiger partial charge in [-0.05, 0) is 37.5 Å². The topological polar surface area (TPSA) is 80.8 Å². The molecule has 0 aromatic carbocycles. The number of nitrogens with zero attached hydrogens (tertiary/aromatic N) is 2.